The molecule has 0 unspecified atom stereocenters. The number of rotatable bonds is 6. The van der Waals surface area contributed by atoms with E-state index in [1.165, 1.54) is 0 Å². The molecule has 0 bridgehead atoms. The minimum absolute atomic E-state index is 0.423. The van der Waals surface area contributed by atoms with Crippen LogP contribution in [0.3, 0.4) is 0 Å². The van der Waals surface area contributed by atoms with Crippen LogP contribution in [0.4, 0.5) is 0 Å². The van der Waals surface area contributed by atoms with Gasteiger partial charge in [-0.3, -0.25) is 4.79 Å². The molecule has 0 aliphatic rings. The second-order valence-corrected chi connectivity index (χ2v) is 4.07. The quantitative estimate of drug-likeness (QED) is 0.681. The van der Waals surface area contributed by atoms with Crippen LogP contribution in [0.2, 0.25) is 0 Å². The SMILES string of the molecule is CCCOc1ccc(C=O)cc1[C@H](C)CC. The predicted octanol–water partition coefficient (Wildman–Crippen LogP) is 3.80. The summed E-state index contributed by atoms with van der Waals surface area (Å²) in [4.78, 5) is 10.8. The van der Waals surface area contributed by atoms with Crippen molar-refractivity contribution in [3.63, 3.8) is 0 Å². The molecule has 1 aromatic rings. The van der Waals surface area contributed by atoms with E-state index in [-0.39, 0.29) is 0 Å². The lowest BCUT2D eigenvalue weighted by atomic mass is 9.96. The van der Waals surface area contributed by atoms with E-state index in [2.05, 4.69) is 20.8 Å². The standard InChI is InChI=1S/C14H20O2/c1-4-8-16-14-7-6-12(10-15)9-13(14)11(3)5-2/h6-7,9-11H,4-5,8H2,1-3H3/t11-/m1/s1. The first-order valence-corrected chi connectivity index (χ1v) is 5.94. The van der Waals surface area contributed by atoms with E-state index in [0.29, 0.717) is 5.92 Å². The number of carbonyl (C=O) groups is 1. The zero-order valence-corrected chi connectivity index (χ0v) is 10.3. The molecule has 1 rings (SSSR count). The van der Waals surface area contributed by atoms with Crippen molar-refractivity contribution in [2.24, 2.45) is 0 Å². The van der Waals surface area contributed by atoms with Gasteiger partial charge >= 0.3 is 0 Å². The van der Waals surface area contributed by atoms with E-state index in [9.17, 15) is 4.79 Å². The Morgan fingerprint density at radius 1 is 1.38 bits per heavy atom. The monoisotopic (exact) mass is 220 g/mol. The molecule has 2 nitrogen and oxygen atoms in total. The lowest BCUT2D eigenvalue weighted by Gasteiger charge is -2.16. The molecule has 0 amide bonds. The van der Waals surface area contributed by atoms with Crippen LogP contribution in [0.1, 0.15) is 55.5 Å². The summed E-state index contributed by atoms with van der Waals surface area (Å²) in [7, 11) is 0. The molecule has 0 radical (unpaired) electrons. The minimum atomic E-state index is 0.423. The largest absolute Gasteiger partial charge is 0.493 e. The van der Waals surface area contributed by atoms with Crippen LogP contribution in [0, 0.1) is 0 Å². The Balaban J connectivity index is 3.00. The molecule has 1 atom stereocenters. The summed E-state index contributed by atoms with van der Waals surface area (Å²) in [5.41, 5.74) is 1.86. The number of carbonyl (C=O) groups excluding carboxylic acids is 1. The molecule has 0 N–H and O–H groups in total. The topological polar surface area (TPSA) is 26.3 Å². The third-order valence-electron chi connectivity index (χ3n) is 2.77. The van der Waals surface area contributed by atoms with Crippen molar-refractivity contribution in [1.82, 2.24) is 0 Å². The molecule has 0 aliphatic carbocycles. The molecule has 0 saturated carbocycles. The van der Waals surface area contributed by atoms with E-state index in [1.807, 2.05) is 18.2 Å². The predicted molar refractivity (Wildman–Crippen MR) is 66.3 cm³/mol. The van der Waals surface area contributed by atoms with Crippen molar-refractivity contribution in [2.75, 3.05) is 6.61 Å². The summed E-state index contributed by atoms with van der Waals surface area (Å²) < 4.78 is 5.69. The maximum absolute atomic E-state index is 10.8. The molecule has 0 spiro atoms. The smallest absolute Gasteiger partial charge is 0.150 e. The number of aldehydes is 1. The zero-order chi connectivity index (χ0) is 12.0. The lowest BCUT2D eigenvalue weighted by Crippen LogP contribution is -2.02. The van der Waals surface area contributed by atoms with Gasteiger partial charge in [-0.15, -0.1) is 0 Å². The van der Waals surface area contributed by atoms with Gasteiger partial charge in [-0.05, 0) is 42.5 Å². The van der Waals surface area contributed by atoms with E-state index in [1.54, 1.807) is 0 Å². The fourth-order valence-corrected chi connectivity index (χ4v) is 1.59. The van der Waals surface area contributed by atoms with Crippen molar-refractivity contribution in [2.45, 2.75) is 39.5 Å². The number of benzene rings is 1. The first-order valence-electron chi connectivity index (χ1n) is 5.94. The van der Waals surface area contributed by atoms with Crippen molar-refractivity contribution in [3.05, 3.63) is 29.3 Å². The highest BCUT2D eigenvalue weighted by atomic mass is 16.5. The maximum atomic E-state index is 10.8. The van der Waals surface area contributed by atoms with Gasteiger partial charge < -0.3 is 4.74 Å². The first kappa shape index (κ1) is 12.8. The summed E-state index contributed by atoms with van der Waals surface area (Å²) in [5.74, 6) is 1.34. The van der Waals surface area contributed by atoms with Crippen molar-refractivity contribution in [1.29, 1.82) is 0 Å². The summed E-state index contributed by atoms with van der Waals surface area (Å²) in [6, 6.07) is 5.65. The molecule has 0 aliphatic heterocycles. The first-order chi connectivity index (χ1) is 7.72. The van der Waals surface area contributed by atoms with Crippen LogP contribution in [0.15, 0.2) is 18.2 Å². The molecular weight excluding hydrogens is 200 g/mol. The third-order valence-corrected chi connectivity index (χ3v) is 2.77. The average molecular weight is 220 g/mol. The zero-order valence-electron chi connectivity index (χ0n) is 10.3. The Labute approximate surface area is 97.6 Å². The van der Waals surface area contributed by atoms with E-state index >= 15 is 0 Å². The van der Waals surface area contributed by atoms with E-state index in [4.69, 9.17) is 4.74 Å². The third kappa shape index (κ3) is 3.09. The van der Waals surface area contributed by atoms with Crippen molar-refractivity contribution < 1.29 is 9.53 Å². The second kappa shape index (κ2) is 6.31. The van der Waals surface area contributed by atoms with Gasteiger partial charge in [0.1, 0.15) is 12.0 Å². The van der Waals surface area contributed by atoms with Gasteiger partial charge in [-0.2, -0.15) is 0 Å². The molecule has 0 aromatic heterocycles. The normalized spacial score (nSPS) is 12.2. The molecule has 0 fully saturated rings. The Kier molecular flexibility index (Phi) is 5.03. The fourth-order valence-electron chi connectivity index (χ4n) is 1.59. The molecular formula is C14H20O2. The Hall–Kier alpha value is -1.31. The van der Waals surface area contributed by atoms with Gasteiger partial charge in [0.15, 0.2) is 0 Å². The highest BCUT2D eigenvalue weighted by Gasteiger charge is 2.10. The van der Waals surface area contributed by atoms with Crippen LogP contribution in [-0.2, 0) is 0 Å². The highest BCUT2D eigenvalue weighted by Crippen LogP contribution is 2.29. The maximum Gasteiger partial charge on any atom is 0.150 e. The summed E-state index contributed by atoms with van der Waals surface area (Å²) >= 11 is 0. The summed E-state index contributed by atoms with van der Waals surface area (Å²) in [6.07, 6.45) is 2.93. The molecule has 1 aromatic carbocycles. The van der Waals surface area contributed by atoms with Crippen LogP contribution >= 0.6 is 0 Å². The lowest BCUT2D eigenvalue weighted by molar-refractivity contribution is 0.112. The van der Waals surface area contributed by atoms with Gasteiger partial charge in [-0.1, -0.05) is 20.8 Å². The Bertz CT molecular complexity index is 345. The van der Waals surface area contributed by atoms with Crippen LogP contribution in [-0.4, -0.2) is 12.9 Å². The van der Waals surface area contributed by atoms with Crippen LogP contribution in [0.25, 0.3) is 0 Å². The van der Waals surface area contributed by atoms with E-state index in [0.717, 1.165) is 42.6 Å². The fraction of sp³-hybridized carbons (Fsp3) is 0.500. The van der Waals surface area contributed by atoms with Gasteiger partial charge in [0, 0.05) is 5.56 Å². The van der Waals surface area contributed by atoms with Gasteiger partial charge in [-0.25, -0.2) is 0 Å². The van der Waals surface area contributed by atoms with E-state index < -0.39 is 0 Å². The highest BCUT2D eigenvalue weighted by molar-refractivity contribution is 5.75. The van der Waals surface area contributed by atoms with Crippen LogP contribution in [0.5, 0.6) is 5.75 Å². The van der Waals surface area contributed by atoms with Crippen molar-refractivity contribution in [3.8, 4) is 5.75 Å². The van der Waals surface area contributed by atoms with Crippen LogP contribution < -0.4 is 4.74 Å². The summed E-state index contributed by atoms with van der Waals surface area (Å²) in [5, 5.41) is 0. The molecule has 16 heavy (non-hydrogen) atoms. The van der Waals surface area contributed by atoms with Gasteiger partial charge in [0.2, 0.25) is 0 Å². The Morgan fingerprint density at radius 2 is 2.12 bits per heavy atom. The minimum Gasteiger partial charge on any atom is -0.493 e. The number of hydrogen-bond donors (Lipinski definition) is 0. The second-order valence-electron chi connectivity index (χ2n) is 4.07. The molecule has 0 saturated heterocycles. The average Bonchev–Trinajstić information content (AvgIpc) is 2.35. The summed E-state index contributed by atoms with van der Waals surface area (Å²) in [6.45, 7) is 7.11. The Morgan fingerprint density at radius 3 is 2.69 bits per heavy atom. The van der Waals surface area contributed by atoms with Gasteiger partial charge in [0.25, 0.3) is 0 Å². The van der Waals surface area contributed by atoms with Crippen molar-refractivity contribution >= 4 is 6.29 Å². The molecule has 2 heteroatoms. The molecule has 88 valence electrons. The number of ether oxygens (including phenoxy) is 1. The molecule has 0 heterocycles. The van der Waals surface area contributed by atoms with Gasteiger partial charge in [0.05, 0.1) is 6.61 Å². The number of hydrogen-bond acceptors (Lipinski definition) is 2.